The van der Waals surface area contributed by atoms with Gasteiger partial charge in [0.2, 0.25) is 0 Å². The van der Waals surface area contributed by atoms with E-state index in [1.54, 1.807) is 0 Å². The van der Waals surface area contributed by atoms with Gasteiger partial charge >= 0.3 is 0 Å². The summed E-state index contributed by atoms with van der Waals surface area (Å²) in [5, 5.41) is 4.09. The topological polar surface area (TPSA) is 49.6 Å². The highest BCUT2D eigenvalue weighted by atomic mass is 16.5. The van der Waals surface area contributed by atoms with Gasteiger partial charge in [0.15, 0.2) is 5.69 Å². The number of rotatable bonds is 5. The normalized spacial score (nSPS) is 26.0. The van der Waals surface area contributed by atoms with E-state index in [4.69, 9.17) is 4.52 Å². The van der Waals surface area contributed by atoms with E-state index in [1.807, 2.05) is 6.07 Å². The minimum absolute atomic E-state index is 0.0553. The van der Waals surface area contributed by atoms with Crippen LogP contribution in [-0.4, -0.2) is 46.0 Å². The van der Waals surface area contributed by atoms with E-state index < -0.39 is 0 Å². The number of nitrogens with zero attached hydrogens (tertiary/aromatic N) is 3. The first kappa shape index (κ1) is 17.0. The Hall–Kier alpha value is -2.14. The zero-order valence-corrected chi connectivity index (χ0v) is 15.7. The van der Waals surface area contributed by atoms with Crippen LogP contribution in [0.1, 0.15) is 66.3 Å². The third-order valence-electron chi connectivity index (χ3n) is 6.37. The van der Waals surface area contributed by atoms with Crippen LogP contribution in [0.3, 0.4) is 0 Å². The molecule has 1 aromatic heterocycles. The Kier molecular flexibility index (Phi) is 4.48. The fourth-order valence-corrected chi connectivity index (χ4v) is 4.84. The van der Waals surface area contributed by atoms with Crippen molar-refractivity contribution in [2.45, 2.75) is 63.1 Å². The van der Waals surface area contributed by atoms with Crippen molar-refractivity contribution in [3.05, 3.63) is 53.4 Å². The first-order valence-electron chi connectivity index (χ1n) is 10.3. The summed E-state index contributed by atoms with van der Waals surface area (Å²) in [4.78, 5) is 17.8. The highest BCUT2D eigenvalue weighted by Gasteiger charge is 2.41. The molecule has 2 aliphatic heterocycles. The summed E-state index contributed by atoms with van der Waals surface area (Å²) >= 11 is 0. The summed E-state index contributed by atoms with van der Waals surface area (Å²) in [6.07, 6.45) is 6.88. The SMILES string of the molecule is O=C(c1cc(C2CC2)on1)N1CCCC1C1CCCN1Cc1ccccc1. The Balaban J connectivity index is 1.31. The van der Waals surface area contributed by atoms with Gasteiger partial charge in [-0.15, -0.1) is 0 Å². The minimum Gasteiger partial charge on any atom is -0.360 e. The van der Waals surface area contributed by atoms with Crippen molar-refractivity contribution in [3.63, 3.8) is 0 Å². The molecule has 3 heterocycles. The van der Waals surface area contributed by atoms with Crippen LogP contribution in [0.4, 0.5) is 0 Å². The molecule has 2 atom stereocenters. The van der Waals surface area contributed by atoms with Crippen LogP contribution >= 0.6 is 0 Å². The Morgan fingerprint density at radius 2 is 1.81 bits per heavy atom. The molecule has 0 bridgehead atoms. The molecule has 0 N–H and O–H groups in total. The number of likely N-dealkylation sites (tertiary alicyclic amines) is 2. The van der Waals surface area contributed by atoms with Gasteiger partial charge in [-0.2, -0.15) is 0 Å². The standard InChI is InChI=1S/C22H27N3O2/c26-22(18-14-21(27-23-18)17-10-11-17)25-13-5-9-20(25)19-8-4-12-24(19)15-16-6-2-1-3-7-16/h1-3,6-7,14,17,19-20H,4-5,8-13,15H2. The van der Waals surface area contributed by atoms with Crippen molar-refractivity contribution >= 4 is 5.91 Å². The molecule has 2 unspecified atom stereocenters. The van der Waals surface area contributed by atoms with Crippen LogP contribution in [0.25, 0.3) is 0 Å². The maximum atomic E-state index is 13.1. The molecule has 27 heavy (non-hydrogen) atoms. The number of carbonyl (C=O) groups excluding carboxylic acids is 1. The van der Waals surface area contributed by atoms with E-state index in [1.165, 1.54) is 18.4 Å². The van der Waals surface area contributed by atoms with Gasteiger partial charge in [0.05, 0.1) is 0 Å². The van der Waals surface area contributed by atoms with Gasteiger partial charge in [0.25, 0.3) is 5.91 Å². The molecular weight excluding hydrogens is 338 g/mol. The second kappa shape index (κ2) is 7.12. The summed E-state index contributed by atoms with van der Waals surface area (Å²) in [6.45, 7) is 2.93. The minimum atomic E-state index is 0.0553. The molecule has 0 spiro atoms. The van der Waals surface area contributed by atoms with Crippen molar-refractivity contribution in [1.29, 1.82) is 0 Å². The van der Waals surface area contributed by atoms with E-state index in [0.717, 1.165) is 51.1 Å². The summed E-state index contributed by atoms with van der Waals surface area (Å²) in [5.74, 6) is 1.44. The quantitative estimate of drug-likeness (QED) is 0.808. The first-order chi connectivity index (χ1) is 13.3. The Morgan fingerprint density at radius 1 is 1.04 bits per heavy atom. The summed E-state index contributed by atoms with van der Waals surface area (Å²) in [7, 11) is 0. The molecule has 5 nitrogen and oxygen atoms in total. The van der Waals surface area contributed by atoms with Crippen molar-refractivity contribution < 1.29 is 9.32 Å². The predicted octanol–water partition coefficient (Wildman–Crippen LogP) is 3.82. The van der Waals surface area contributed by atoms with Crippen LogP contribution < -0.4 is 0 Å². The highest BCUT2D eigenvalue weighted by molar-refractivity contribution is 5.92. The lowest BCUT2D eigenvalue weighted by molar-refractivity contribution is 0.0629. The molecule has 1 aromatic carbocycles. The molecule has 5 heteroatoms. The Labute approximate surface area is 160 Å². The molecule has 1 saturated carbocycles. The van der Waals surface area contributed by atoms with Crippen LogP contribution in [-0.2, 0) is 6.54 Å². The fraction of sp³-hybridized carbons (Fsp3) is 0.545. The van der Waals surface area contributed by atoms with Crippen molar-refractivity contribution in [2.24, 2.45) is 0 Å². The number of amides is 1. The monoisotopic (exact) mass is 365 g/mol. The Morgan fingerprint density at radius 3 is 2.63 bits per heavy atom. The maximum Gasteiger partial charge on any atom is 0.276 e. The van der Waals surface area contributed by atoms with Crippen molar-refractivity contribution in [2.75, 3.05) is 13.1 Å². The fourth-order valence-electron chi connectivity index (χ4n) is 4.84. The second-order valence-corrected chi connectivity index (χ2v) is 8.26. The molecule has 1 aliphatic carbocycles. The molecule has 142 valence electrons. The van der Waals surface area contributed by atoms with Gasteiger partial charge in [0.1, 0.15) is 5.76 Å². The molecule has 1 amide bonds. The molecule has 3 aliphatic rings. The van der Waals surface area contributed by atoms with Gasteiger partial charge in [-0.1, -0.05) is 35.5 Å². The largest absolute Gasteiger partial charge is 0.360 e. The molecule has 5 rings (SSSR count). The highest BCUT2D eigenvalue weighted by Crippen LogP contribution is 2.40. The van der Waals surface area contributed by atoms with Gasteiger partial charge in [-0.05, 0) is 50.6 Å². The third-order valence-corrected chi connectivity index (χ3v) is 6.37. The summed E-state index contributed by atoms with van der Waals surface area (Å²) < 4.78 is 5.42. The summed E-state index contributed by atoms with van der Waals surface area (Å²) in [5.41, 5.74) is 1.85. The smallest absolute Gasteiger partial charge is 0.276 e. The van der Waals surface area contributed by atoms with Crippen LogP contribution in [0.2, 0.25) is 0 Å². The molecule has 2 saturated heterocycles. The average molecular weight is 365 g/mol. The summed E-state index contributed by atoms with van der Waals surface area (Å²) in [6, 6.07) is 13.3. The van der Waals surface area contributed by atoms with Gasteiger partial charge < -0.3 is 9.42 Å². The maximum absolute atomic E-state index is 13.1. The lowest BCUT2D eigenvalue weighted by atomic mass is 10.0. The van der Waals surface area contributed by atoms with Crippen LogP contribution in [0, 0.1) is 0 Å². The number of hydrogen-bond donors (Lipinski definition) is 0. The molecule has 3 fully saturated rings. The first-order valence-corrected chi connectivity index (χ1v) is 10.3. The van der Waals surface area contributed by atoms with Gasteiger partial charge in [-0.25, -0.2) is 0 Å². The number of aromatic nitrogens is 1. The Bertz CT molecular complexity index is 799. The van der Waals surface area contributed by atoms with E-state index >= 15 is 0 Å². The van der Waals surface area contributed by atoms with Crippen molar-refractivity contribution in [3.8, 4) is 0 Å². The lowest BCUT2D eigenvalue weighted by Crippen LogP contribution is -2.48. The van der Waals surface area contributed by atoms with E-state index in [9.17, 15) is 4.79 Å². The second-order valence-electron chi connectivity index (χ2n) is 8.26. The zero-order chi connectivity index (χ0) is 18.2. The predicted molar refractivity (Wildman–Crippen MR) is 102 cm³/mol. The lowest BCUT2D eigenvalue weighted by Gasteiger charge is -2.34. The number of carbonyl (C=O) groups is 1. The van der Waals surface area contributed by atoms with Crippen LogP contribution in [0.15, 0.2) is 40.9 Å². The number of benzene rings is 1. The third kappa shape index (κ3) is 3.41. The van der Waals surface area contributed by atoms with E-state index in [-0.39, 0.29) is 5.91 Å². The molecular formula is C22H27N3O2. The van der Waals surface area contributed by atoms with Gasteiger partial charge in [-0.3, -0.25) is 9.69 Å². The van der Waals surface area contributed by atoms with E-state index in [0.29, 0.717) is 23.7 Å². The van der Waals surface area contributed by atoms with Crippen LogP contribution in [0.5, 0.6) is 0 Å². The number of hydrogen-bond acceptors (Lipinski definition) is 4. The van der Waals surface area contributed by atoms with E-state index in [2.05, 4.69) is 45.3 Å². The average Bonchev–Trinajstić information content (AvgIpc) is 3.11. The van der Waals surface area contributed by atoms with Crippen molar-refractivity contribution in [1.82, 2.24) is 15.0 Å². The zero-order valence-electron chi connectivity index (χ0n) is 15.7. The van der Waals surface area contributed by atoms with Gasteiger partial charge in [0, 0.05) is 37.2 Å². The molecule has 0 radical (unpaired) electrons. The molecule has 2 aromatic rings.